The number of hydrogen-bond donors (Lipinski definition) is 2. The monoisotopic (exact) mass is 252 g/mol. The van der Waals surface area contributed by atoms with Crippen molar-refractivity contribution in [2.45, 2.75) is 20.8 Å². The Morgan fingerprint density at radius 2 is 2.17 bits per heavy atom. The van der Waals surface area contributed by atoms with Crippen molar-refractivity contribution in [1.82, 2.24) is 10.3 Å². The van der Waals surface area contributed by atoms with Crippen molar-refractivity contribution < 1.29 is 9.72 Å². The Labute approximate surface area is 105 Å². The number of hydrogen-bond acceptors (Lipinski definition) is 5. The maximum absolute atomic E-state index is 11.8. The number of pyridine rings is 1. The molecule has 3 N–H and O–H groups in total. The van der Waals surface area contributed by atoms with E-state index in [1.165, 1.54) is 0 Å². The quantitative estimate of drug-likeness (QED) is 0.623. The van der Waals surface area contributed by atoms with Crippen LogP contribution in [0.1, 0.15) is 31.1 Å². The molecule has 7 heteroatoms. The third-order valence-corrected chi connectivity index (χ3v) is 2.14. The molecule has 7 nitrogen and oxygen atoms in total. The van der Waals surface area contributed by atoms with Gasteiger partial charge in [0.25, 0.3) is 11.6 Å². The van der Waals surface area contributed by atoms with Gasteiger partial charge in [-0.05, 0) is 5.41 Å². The van der Waals surface area contributed by atoms with Gasteiger partial charge in [0.15, 0.2) is 0 Å². The summed E-state index contributed by atoms with van der Waals surface area (Å²) in [5.41, 5.74) is 5.21. The van der Waals surface area contributed by atoms with Gasteiger partial charge in [-0.2, -0.15) is 0 Å². The summed E-state index contributed by atoms with van der Waals surface area (Å²) in [5, 5.41) is 13.3. The summed E-state index contributed by atoms with van der Waals surface area (Å²) in [6, 6.07) is 1.13. The molecular formula is C11H16N4O3. The second-order valence-electron chi connectivity index (χ2n) is 5.13. The first kappa shape index (κ1) is 13.9. The molecular weight excluding hydrogens is 236 g/mol. The van der Waals surface area contributed by atoms with Gasteiger partial charge < -0.3 is 11.1 Å². The van der Waals surface area contributed by atoms with Crippen LogP contribution in [0.25, 0.3) is 0 Å². The van der Waals surface area contributed by atoms with Gasteiger partial charge in [0.1, 0.15) is 12.0 Å². The number of anilines is 1. The Bertz CT molecular complexity index is 480. The summed E-state index contributed by atoms with van der Waals surface area (Å²) in [5.74, 6) is -0.481. The summed E-state index contributed by atoms with van der Waals surface area (Å²) in [4.78, 5) is 25.5. The Morgan fingerprint density at radius 1 is 1.56 bits per heavy atom. The van der Waals surface area contributed by atoms with Crippen molar-refractivity contribution in [3.05, 3.63) is 27.9 Å². The van der Waals surface area contributed by atoms with Gasteiger partial charge in [-0.1, -0.05) is 20.8 Å². The number of rotatable bonds is 3. The molecule has 18 heavy (non-hydrogen) atoms. The summed E-state index contributed by atoms with van der Waals surface area (Å²) < 4.78 is 0. The lowest BCUT2D eigenvalue weighted by atomic mass is 9.97. The first-order valence-corrected chi connectivity index (χ1v) is 5.39. The molecule has 0 unspecified atom stereocenters. The minimum Gasteiger partial charge on any atom is -0.383 e. The summed E-state index contributed by atoms with van der Waals surface area (Å²) in [6.07, 6.45) is 1.02. The zero-order valence-corrected chi connectivity index (χ0v) is 10.6. The predicted molar refractivity (Wildman–Crippen MR) is 67.1 cm³/mol. The molecule has 0 saturated carbocycles. The van der Waals surface area contributed by atoms with Gasteiger partial charge >= 0.3 is 0 Å². The van der Waals surface area contributed by atoms with Gasteiger partial charge in [-0.3, -0.25) is 14.9 Å². The number of nitrogens with two attached hydrogens (primary N) is 1. The maximum atomic E-state index is 11.8. The number of carbonyl (C=O) groups excluding carboxylic acids is 1. The summed E-state index contributed by atoms with van der Waals surface area (Å²) in [7, 11) is 0. The third-order valence-electron chi connectivity index (χ3n) is 2.14. The lowest BCUT2D eigenvalue weighted by Gasteiger charge is -2.18. The van der Waals surface area contributed by atoms with E-state index < -0.39 is 10.8 Å². The van der Waals surface area contributed by atoms with E-state index in [4.69, 9.17) is 5.73 Å². The first-order valence-electron chi connectivity index (χ1n) is 5.39. The lowest BCUT2D eigenvalue weighted by molar-refractivity contribution is -0.385. The van der Waals surface area contributed by atoms with Gasteiger partial charge in [-0.15, -0.1) is 0 Å². The highest BCUT2D eigenvalue weighted by Gasteiger charge is 2.18. The molecule has 1 aromatic heterocycles. The second kappa shape index (κ2) is 4.99. The highest BCUT2D eigenvalue weighted by molar-refractivity contribution is 5.98. The average Bonchev–Trinajstić information content (AvgIpc) is 2.25. The summed E-state index contributed by atoms with van der Waals surface area (Å²) in [6.45, 7) is 6.32. The van der Waals surface area contributed by atoms with Crippen LogP contribution in [0.4, 0.5) is 11.5 Å². The van der Waals surface area contributed by atoms with Gasteiger partial charge in [0, 0.05) is 12.6 Å². The minimum atomic E-state index is -0.618. The number of nitrogen functional groups attached to an aromatic ring is 1. The largest absolute Gasteiger partial charge is 0.383 e. The van der Waals surface area contributed by atoms with Crippen LogP contribution >= 0.6 is 0 Å². The van der Waals surface area contributed by atoms with Crippen molar-refractivity contribution >= 4 is 17.4 Å². The molecule has 0 aliphatic rings. The van der Waals surface area contributed by atoms with Gasteiger partial charge in [-0.25, -0.2) is 4.98 Å². The predicted octanol–water partition coefficient (Wildman–Crippen LogP) is 1.35. The zero-order valence-electron chi connectivity index (χ0n) is 10.6. The van der Waals surface area contributed by atoms with E-state index in [0.29, 0.717) is 6.54 Å². The molecule has 0 aliphatic carbocycles. The molecule has 1 aromatic rings. The molecule has 98 valence electrons. The van der Waals surface area contributed by atoms with Crippen molar-refractivity contribution in [2.24, 2.45) is 5.41 Å². The Balaban J connectivity index is 2.91. The SMILES string of the molecule is CC(C)(C)CNC(=O)c1cc([N+](=O)[O-])cnc1N. The van der Waals surface area contributed by atoms with Crippen LogP contribution in [-0.2, 0) is 0 Å². The zero-order chi connectivity index (χ0) is 13.9. The van der Waals surface area contributed by atoms with E-state index >= 15 is 0 Å². The van der Waals surface area contributed by atoms with Gasteiger partial charge in [0.2, 0.25) is 0 Å². The number of amides is 1. The Hall–Kier alpha value is -2.18. The van der Waals surface area contributed by atoms with Crippen LogP contribution in [-0.4, -0.2) is 22.4 Å². The number of carbonyl (C=O) groups is 1. The molecule has 0 aliphatic heterocycles. The molecule has 0 fully saturated rings. The fourth-order valence-corrected chi connectivity index (χ4v) is 1.19. The lowest BCUT2D eigenvalue weighted by Crippen LogP contribution is -2.32. The van der Waals surface area contributed by atoms with E-state index in [1.54, 1.807) is 0 Å². The fraction of sp³-hybridized carbons (Fsp3) is 0.455. The smallest absolute Gasteiger partial charge is 0.288 e. The summed E-state index contributed by atoms with van der Waals surface area (Å²) >= 11 is 0. The highest BCUT2D eigenvalue weighted by atomic mass is 16.6. The third kappa shape index (κ3) is 3.69. The topological polar surface area (TPSA) is 111 Å². The Morgan fingerprint density at radius 3 is 2.67 bits per heavy atom. The van der Waals surface area contributed by atoms with E-state index in [0.717, 1.165) is 12.3 Å². The van der Waals surface area contributed by atoms with Crippen molar-refractivity contribution in [1.29, 1.82) is 0 Å². The maximum Gasteiger partial charge on any atom is 0.288 e. The molecule has 0 aromatic carbocycles. The first-order chi connectivity index (χ1) is 8.20. The van der Waals surface area contributed by atoms with Crippen molar-refractivity contribution in [2.75, 3.05) is 12.3 Å². The number of nitrogens with one attached hydrogen (secondary N) is 1. The van der Waals surface area contributed by atoms with Crippen LogP contribution in [0.3, 0.4) is 0 Å². The normalized spacial score (nSPS) is 11.1. The molecule has 0 atom stereocenters. The van der Waals surface area contributed by atoms with E-state index in [1.807, 2.05) is 20.8 Å². The highest BCUT2D eigenvalue weighted by Crippen LogP contribution is 2.17. The molecule has 1 rings (SSSR count). The molecule has 1 amide bonds. The van der Waals surface area contributed by atoms with Crippen molar-refractivity contribution in [3.63, 3.8) is 0 Å². The van der Waals surface area contributed by atoms with E-state index in [2.05, 4.69) is 10.3 Å². The fourth-order valence-electron chi connectivity index (χ4n) is 1.19. The van der Waals surface area contributed by atoms with E-state index in [-0.39, 0.29) is 22.5 Å². The Kier molecular flexibility index (Phi) is 3.85. The number of nitrogens with zero attached hydrogens (tertiary/aromatic N) is 2. The number of nitro groups is 1. The second-order valence-corrected chi connectivity index (χ2v) is 5.13. The van der Waals surface area contributed by atoms with Gasteiger partial charge in [0.05, 0.1) is 10.5 Å². The van der Waals surface area contributed by atoms with Crippen LogP contribution in [0.5, 0.6) is 0 Å². The van der Waals surface area contributed by atoms with Crippen LogP contribution < -0.4 is 11.1 Å². The standard InChI is InChI=1S/C11H16N4O3/c1-11(2,3)6-14-10(16)8-4-7(15(17)18)5-13-9(8)12/h4-5H,6H2,1-3H3,(H2,12,13)(H,14,16). The van der Waals surface area contributed by atoms with Crippen molar-refractivity contribution in [3.8, 4) is 0 Å². The minimum absolute atomic E-state index is 0.0213. The van der Waals surface area contributed by atoms with Crippen LogP contribution in [0, 0.1) is 15.5 Å². The molecule has 0 spiro atoms. The molecule has 1 heterocycles. The average molecular weight is 252 g/mol. The molecule has 0 bridgehead atoms. The van der Waals surface area contributed by atoms with E-state index in [9.17, 15) is 14.9 Å². The van der Waals surface area contributed by atoms with Crippen LogP contribution in [0.15, 0.2) is 12.3 Å². The molecule has 0 radical (unpaired) electrons. The van der Waals surface area contributed by atoms with Crippen LogP contribution in [0.2, 0.25) is 0 Å². The molecule has 0 saturated heterocycles. The number of aromatic nitrogens is 1.